The summed E-state index contributed by atoms with van der Waals surface area (Å²) in [5.74, 6) is -0.537. The van der Waals surface area contributed by atoms with Gasteiger partial charge in [0.1, 0.15) is 11.8 Å². The molecule has 2 aliphatic rings. The number of nitrogens with zero attached hydrogens (tertiary/aromatic N) is 4. The minimum Gasteiger partial charge on any atom is -0.508 e. The fraction of sp³-hybridized carbons (Fsp3) is 0.250. The number of urea groups is 1. The number of amides is 4. The summed E-state index contributed by atoms with van der Waals surface area (Å²) in [7, 11) is 0. The minimum absolute atomic E-state index is 0.0984. The number of aromatic nitrogens is 1. The van der Waals surface area contributed by atoms with Crippen LogP contribution in [0, 0.1) is 0 Å². The third-order valence-corrected chi connectivity index (χ3v) is 8.20. The summed E-state index contributed by atoms with van der Waals surface area (Å²) in [6.07, 6.45) is 1.01. The second-order valence-corrected chi connectivity index (χ2v) is 11.1. The molecule has 1 aromatic heterocycles. The van der Waals surface area contributed by atoms with Crippen molar-refractivity contribution in [2.45, 2.75) is 44.7 Å². The highest BCUT2D eigenvalue weighted by Crippen LogP contribution is 2.33. The van der Waals surface area contributed by atoms with E-state index < -0.39 is 24.3 Å². The van der Waals surface area contributed by atoms with Crippen LogP contribution in [0.4, 0.5) is 4.79 Å². The molecular formula is C32H30ClN5O5. The maximum absolute atomic E-state index is 14.3. The predicted molar refractivity (Wildman–Crippen MR) is 159 cm³/mol. The van der Waals surface area contributed by atoms with Crippen molar-refractivity contribution in [3.05, 3.63) is 107 Å². The number of benzene rings is 3. The molecule has 3 atom stereocenters. The zero-order valence-electron chi connectivity index (χ0n) is 23.4. The lowest BCUT2D eigenvalue weighted by molar-refractivity contribution is -0.245. The van der Waals surface area contributed by atoms with Gasteiger partial charge in [0.15, 0.2) is 12.8 Å². The van der Waals surface area contributed by atoms with Gasteiger partial charge in [0.05, 0.1) is 11.6 Å². The lowest BCUT2D eigenvalue weighted by atomic mass is 9.95. The van der Waals surface area contributed by atoms with E-state index in [0.717, 1.165) is 27.6 Å². The van der Waals surface area contributed by atoms with E-state index in [-0.39, 0.29) is 43.7 Å². The van der Waals surface area contributed by atoms with Crippen LogP contribution in [0.15, 0.2) is 85.1 Å². The Morgan fingerprint density at radius 3 is 2.51 bits per heavy atom. The number of phenolic OH excluding ortho intramolecular Hbond substituents is 1. The number of para-hydroxylation sites is 1. The molecule has 2 N–H and O–H groups in total. The molecule has 11 heteroatoms. The number of hydrogen-bond donors (Lipinski definition) is 2. The van der Waals surface area contributed by atoms with Crippen LogP contribution in [0.1, 0.15) is 23.6 Å². The number of rotatable bonds is 6. The lowest BCUT2D eigenvalue weighted by Gasteiger charge is -2.54. The van der Waals surface area contributed by atoms with Crippen LogP contribution in [-0.4, -0.2) is 67.7 Å². The van der Waals surface area contributed by atoms with Crippen LogP contribution < -0.4 is 5.32 Å². The number of halogens is 1. The van der Waals surface area contributed by atoms with Gasteiger partial charge in [-0.15, -0.1) is 0 Å². The first-order valence-corrected chi connectivity index (χ1v) is 14.3. The van der Waals surface area contributed by atoms with Crippen molar-refractivity contribution in [3.8, 4) is 5.75 Å². The number of piperazine rings is 1. The van der Waals surface area contributed by atoms with Gasteiger partial charge in [-0.25, -0.2) is 4.79 Å². The van der Waals surface area contributed by atoms with Gasteiger partial charge in [-0.1, -0.05) is 60.1 Å². The van der Waals surface area contributed by atoms with Gasteiger partial charge in [0.25, 0.3) is 5.91 Å². The van der Waals surface area contributed by atoms with E-state index in [1.165, 1.54) is 9.96 Å². The van der Waals surface area contributed by atoms with Crippen molar-refractivity contribution in [3.63, 3.8) is 0 Å². The van der Waals surface area contributed by atoms with Crippen LogP contribution >= 0.6 is 11.6 Å². The highest BCUT2D eigenvalue weighted by Gasteiger charge is 2.53. The first kappa shape index (κ1) is 28.4. The van der Waals surface area contributed by atoms with Gasteiger partial charge in [0, 0.05) is 36.1 Å². The highest BCUT2D eigenvalue weighted by atomic mass is 35.5. The van der Waals surface area contributed by atoms with E-state index in [0.29, 0.717) is 5.02 Å². The second-order valence-electron chi connectivity index (χ2n) is 10.7. The summed E-state index contributed by atoms with van der Waals surface area (Å²) in [4.78, 5) is 54.7. The Labute approximate surface area is 253 Å². The van der Waals surface area contributed by atoms with E-state index in [1.807, 2.05) is 49.4 Å². The summed E-state index contributed by atoms with van der Waals surface area (Å²) in [6, 6.07) is 21.2. The fourth-order valence-corrected chi connectivity index (χ4v) is 5.90. The first-order chi connectivity index (χ1) is 20.8. The molecule has 0 bridgehead atoms. The summed E-state index contributed by atoms with van der Waals surface area (Å²) in [5, 5.41) is 15.4. The fourth-order valence-electron chi connectivity index (χ4n) is 5.77. The summed E-state index contributed by atoms with van der Waals surface area (Å²) in [5.41, 5.74) is 3.21. The predicted octanol–water partition coefficient (Wildman–Crippen LogP) is 4.25. The SMILES string of the molecule is C[C@H]1[C@@H]2N(C(=O)NCc3ccc(Cl)cc3)OCC(=O)N2[C@@H](Cc2ccc(O)cc2)C(=O)N1Cc1cccc2cccnc12. The summed E-state index contributed by atoms with van der Waals surface area (Å²) in [6.45, 7) is 1.86. The van der Waals surface area contributed by atoms with Gasteiger partial charge in [-0.3, -0.25) is 19.4 Å². The molecule has 0 unspecified atom stereocenters. The molecule has 0 spiro atoms. The number of carbonyl (C=O) groups excluding carboxylic acids is 3. The molecule has 3 heterocycles. The van der Waals surface area contributed by atoms with Crippen molar-refractivity contribution < 1.29 is 24.3 Å². The standard InChI is InChI=1S/C32H30ClN5O5/c1-20-30-37(28(40)19-43-38(30)32(42)35-17-22-7-11-25(33)12-8-22)27(16-21-9-13-26(39)14-10-21)31(41)36(20)18-24-5-2-4-23-6-3-15-34-29(23)24/h2-15,20,27,30,39H,16-19H2,1H3,(H,35,42)/t20-,27-,30-/m0/s1. The minimum atomic E-state index is -0.906. The van der Waals surface area contributed by atoms with Crippen LogP contribution in [0.25, 0.3) is 10.9 Å². The van der Waals surface area contributed by atoms with Gasteiger partial charge in [-0.05, 0) is 53.9 Å². The van der Waals surface area contributed by atoms with Gasteiger partial charge in [0.2, 0.25) is 5.91 Å². The quantitative estimate of drug-likeness (QED) is 0.342. The average molecular weight is 600 g/mol. The number of hydrogen-bond acceptors (Lipinski definition) is 6. The Morgan fingerprint density at radius 2 is 1.74 bits per heavy atom. The largest absolute Gasteiger partial charge is 0.508 e. The van der Waals surface area contributed by atoms with E-state index in [4.69, 9.17) is 16.4 Å². The number of hydroxylamine groups is 2. The Hall–Kier alpha value is -4.67. The van der Waals surface area contributed by atoms with Crippen molar-refractivity contribution in [2.24, 2.45) is 0 Å². The molecule has 2 fully saturated rings. The Kier molecular flexibility index (Phi) is 7.88. The molecule has 10 nitrogen and oxygen atoms in total. The summed E-state index contributed by atoms with van der Waals surface area (Å²) < 4.78 is 0. The number of carbonyl (C=O) groups is 3. The van der Waals surface area contributed by atoms with Crippen LogP contribution in [0.2, 0.25) is 5.02 Å². The highest BCUT2D eigenvalue weighted by molar-refractivity contribution is 6.30. The van der Waals surface area contributed by atoms with Crippen LogP contribution in [0.5, 0.6) is 5.75 Å². The van der Waals surface area contributed by atoms with Crippen LogP contribution in [0.3, 0.4) is 0 Å². The molecule has 4 aromatic rings. The Morgan fingerprint density at radius 1 is 1.02 bits per heavy atom. The van der Waals surface area contributed by atoms with E-state index >= 15 is 0 Å². The number of phenols is 1. The molecule has 2 aliphatic heterocycles. The zero-order chi connectivity index (χ0) is 30.1. The Balaban J connectivity index is 1.34. The van der Waals surface area contributed by atoms with Crippen molar-refractivity contribution in [1.82, 2.24) is 25.2 Å². The van der Waals surface area contributed by atoms with E-state index in [9.17, 15) is 19.5 Å². The molecule has 0 aliphatic carbocycles. The van der Waals surface area contributed by atoms with E-state index in [2.05, 4.69) is 10.3 Å². The molecule has 6 rings (SSSR count). The smallest absolute Gasteiger partial charge is 0.343 e. The number of fused-ring (bicyclic) bond motifs is 2. The first-order valence-electron chi connectivity index (χ1n) is 14.0. The molecular weight excluding hydrogens is 570 g/mol. The molecule has 0 radical (unpaired) electrons. The molecule has 220 valence electrons. The number of aromatic hydroxyl groups is 1. The normalized spacial score (nSPS) is 20.3. The average Bonchev–Trinajstić information content (AvgIpc) is 3.02. The maximum Gasteiger partial charge on any atom is 0.343 e. The molecule has 3 aromatic carbocycles. The molecule has 43 heavy (non-hydrogen) atoms. The van der Waals surface area contributed by atoms with Crippen molar-refractivity contribution in [1.29, 1.82) is 0 Å². The number of nitrogens with one attached hydrogen (secondary N) is 1. The monoisotopic (exact) mass is 599 g/mol. The molecule has 4 amide bonds. The lowest BCUT2D eigenvalue weighted by Crippen LogP contribution is -2.75. The van der Waals surface area contributed by atoms with Gasteiger partial charge in [-0.2, -0.15) is 5.06 Å². The van der Waals surface area contributed by atoms with Gasteiger partial charge >= 0.3 is 6.03 Å². The Bertz CT molecular complexity index is 1660. The van der Waals surface area contributed by atoms with E-state index in [1.54, 1.807) is 47.5 Å². The number of pyridine rings is 1. The van der Waals surface area contributed by atoms with Crippen molar-refractivity contribution in [2.75, 3.05) is 6.61 Å². The molecule has 0 saturated carbocycles. The van der Waals surface area contributed by atoms with Crippen LogP contribution in [-0.2, 0) is 33.9 Å². The maximum atomic E-state index is 14.3. The third kappa shape index (κ3) is 5.71. The van der Waals surface area contributed by atoms with Crippen molar-refractivity contribution >= 4 is 40.3 Å². The van der Waals surface area contributed by atoms with Gasteiger partial charge < -0.3 is 20.2 Å². The summed E-state index contributed by atoms with van der Waals surface area (Å²) >= 11 is 6.00. The second kappa shape index (κ2) is 11.9. The topological polar surface area (TPSA) is 115 Å². The zero-order valence-corrected chi connectivity index (χ0v) is 24.1. The molecule has 2 saturated heterocycles. The third-order valence-electron chi connectivity index (χ3n) is 7.95.